The first kappa shape index (κ1) is 14.4. The molecule has 0 aromatic carbocycles. The van der Waals surface area contributed by atoms with Gasteiger partial charge in [0.1, 0.15) is 5.69 Å². The maximum atomic E-state index is 11.0. The molecule has 8 nitrogen and oxygen atoms in total. The van der Waals surface area contributed by atoms with Crippen LogP contribution in [0, 0.1) is 17.0 Å². The highest BCUT2D eigenvalue weighted by atomic mass is 16.6. The number of nitro groups is 1. The zero-order valence-electron chi connectivity index (χ0n) is 11.0. The van der Waals surface area contributed by atoms with Gasteiger partial charge in [-0.1, -0.05) is 0 Å². The highest BCUT2D eigenvalue weighted by molar-refractivity contribution is 5.60. The molecule has 1 unspecified atom stereocenters. The summed E-state index contributed by atoms with van der Waals surface area (Å²) in [5, 5.41) is 24.7. The number of anilines is 1. The second-order valence-corrected chi connectivity index (χ2v) is 4.13. The highest BCUT2D eigenvalue weighted by Crippen LogP contribution is 2.29. The molecule has 0 bridgehead atoms. The Hall–Kier alpha value is -1.67. The number of aryl methyl sites for hydroxylation is 2. The molecular formula is C10H18N4O4. The number of likely N-dealkylation sites (N-methyl/N-ethyl adjacent to an activating group) is 1. The quantitative estimate of drug-likeness (QED) is 0.573. The summed E-state index contributed by atoms with van der Waals surface area (Å²) in [6.45, 7) is 1.99. The van der Waals surface area contributed by atoms with Crippen molar-refractivity contribution in [3.63, 3.8) is 0 Å². The van der Waals surface area contributed by atoms with Crippen molar-refractivity contribution >= 4 is 11.5 Å². The van der Waals surface area contributed by atoms with Gasteiger partial charge in [0.15, 0.2) is 0 Å². The molecule has 0 saturated heterocycles. The number of ether oxygens (including phenoxy) is 1. The van der Waals surface area contributed by atoms with E-state index >= 15 is 0 Å². The maximum absolute atomic E-state index is 11.0. The molecule has 18 heavy (non-hydrogen) atoms. The Morgan fingerprint density at radius 3 is 2.78 bits per heavy atom. The summed E-state index contributed by atoms with van der Waals surface area (Å²) in [5.74, 6) is 0.368. The third kappa shape index (κ3) is 2.96. The van der Waals surface area contributed by atoms with Crippen LogP contribution in [0.15, 0.2) is 0 Å². The number of nitrogens with zero attached hydrogens (tertiary/aromatic N) is 4. The van der Waals surface area contributed by atoms with Gasteiger partial charge in [-0.05, 0) is 6.92 Å². The topological polar surface area (TPSA) is 93.7 Å². The van der Waals surface area contributed by atoms with Crippen molar-refractivity contribution in [1.82, 2.24) is 9.78 Å². The van der Waals surface area contributed by atoms with E-state index < -0.39 is 11.0 Å². The first-order valence-electron chi connectivity index (χ1n) is 5.44. The van der Waals surface area contributed by atoms with Crippen LogP contribution < -0.4 is 4.90 Å². The fourth-order valence-electron chi connectivity index (χ4n) is 1.92. The summed E-state index contributed by atoms with van der Waals surface area (Å²) in [4.78, 5) is 12.1. The second kappa shape index (κ2) is 5.78. The van der Waals surface area contributed by atoms with Crippen LogP contribution in [0.5, 0.6) is 0 Å². The van der Waals surface area contributed by atoms with E-state index in [1.54, 1.807) is 25.9 Å². The Bertz CT molecular complexity index is 432. The van der Waals surface area contributed by atoms with Gasteiger partial charge in [-0.2, -0.15) is 5.10 Å². The number of aliphatic hydroxyl groups excluding tert-OH is 1. The molecule has 1 atom stereocenters. The molecule has 0 saturated carbocycles. The molecular weight excluding hydrogens is 240 g/mol. The summed E-state index contributed by atoms with van der Waals surface area (Å²) in [5.41, 5.74) is 0.315. The Balaban J connectivity index is 2.98. The lowest BCUT2D eigenvalue weighted by Crippen LogP contribution is -2.33. The van der Waals surface area contributed by atoms with Crippen LogP contribution in [0.1, 0.15) is 5.69 Å². The van der Waals surface area contributed by atoms with Crippen molar-refractivity contribution in [2.45, 2.75) is 13.0 Å². The SMILES string of the molecule is COCC(O)CN(C)c1c([N+](=O)[O-])c(C)nn1C. The normalized spacial score (nSPS) is 12.5. The molecule has 0 aliphatic carbocycles. The highest BCUT2D eigenvalue weighted by Gasteiger charge is 2.27. The van der Waals surface area contributed by atoms with Crippen molar-refractivity contribution < 1.29 is 14.8 Å². The summed E-state index contributed by atoms with van der Waals surface area (Å²) in [6.07, 6.45) is -0.713. The van der Waals surface area contributed by atoms with Gasteiger partial charge in [0.05, 0.1) is 17.6 Å². The minimum absolute atomic E-state index is 0.0374. The molecule has 8 heteroatoms. The summed E-state index contributed by atoms with van der Waals surface area (Å²) in [7, 11) is 4.79. The van der Waals surface area contributed by atoms with Gasteiger partial charge in [0.25, 0.3) is 0 Å². The van der Waals surface area contributed by atoms with Gasteiger partial charge in [-0.25, -0.2) is 4.68 Å². The number of rotatable bonds is 6. The van der Waals surface area contributed by atoms with E-state index in [4.69, 9.17) is 4.74 Å². The van der Waals surface area contributed by atoms with Crippen molar-refractivity contribution in [3.8, 4) is 0 Å². The molecule has 1 N–H and O–H groups in total. The Kier molecular flexibility index (Phi) is 4.62. The smallest absolute Gasteiger partial charge is 0.333 e. The number of hydrogen-bond acceptors (Lipinski definition) is 6. The molecule has 0 amide bonds. The van der Waals surface area contributed by atoms with E-state index in [1.807, 2.05) is 0 Å². The van der Waals surface area contributed by atoms with Gasteiger partial charge >= 0.3 is 5.69 Å². The lowest BCUT2D eigenvalue weighted by Gasteiger charge is -2.21. The third-order valence-electron chi connectivity index (χ3n) is 2.55. The average Bonchev–Trinajstić information content (AvgIpc) is 2.53. The van der Waals surface area contributed by atoms with Gasteiger partial charge < -0.3 is 14.7 Å². The molecule has 0 fully saturated rings. The number of aliphatic hydroxyl groups is 1. The monoisotopic (exact) mass is 258 g/mol. The predicted molar refractivity (Wildman–Crippen MR) is 65.8 cm³/mol. The Morgan fingerprint density at radius 2 is 2.28 bits per heavy atom. The van der Waals surface area contributed by atoms with Crippen molar-refractivity contribution in [3.05, 3.63) is 15.8 Å². The first-order chi connectivity index (χ1) is 8.38. The first-order valence-corrected chi connectivity index (χ1v) is 5.44. The molecule has 1 heterocycles. The number of aromatic nitrogens is 2. The molecule has 1 aromatic rings. The van der Waals surface area contributed by atoms with Crippen molar-refractivity contribution in [2.24, 2.45) is 7.05 Å². The van der Waals surface area contributed by atoms with Crippen LogP contribution in [0.4, 0.5) is 11.5 Å². The van der Waals surface area contributed by atoms with E-state index in [2.05, 4.69) is 5.10 Å². The minimum atomic E-state index is -0.713. The third-order valence-corrected chi connectivity index (χ3v) is 2.55. The van der Waals surface area contributed by atoms with Crippen molar-refractivity contribution in [1.29, 1.82) is 0 Å². The lowest BCUT2D eigenvalue weighted by atomic mass is 10.3. The Labute approximate surface area is 105 Å². The van der Waals surface area contributed by atoms with Crippen LogP contribution in [-0.4, -0.2) is 53.2 Å². The second-order valence-electron chi connectivity index (χ2n) is 4.13. The van der Waals surface area contributed by atoms with Crippen LogP contribution >= 0.6 is 0 Å². The van der Waals surface area contributed by atoms with Crippen LogP contribution in [0.25, 0.3) is 0 Å². The zero-order valence-corrected chi connectivity index (χ0v) is 11.0. The average molecular weight is 258 g/mol. The summed E-state index contributed by atoms with van der Waals surface area (Å²) < 4.78 is 6.26. The number of methoxy groups -OCH3 is 1. The Morgan fingerprint density at radius 1 is 1.67 bits per heavy atom. The van der Waals surface area contributed by atoms with Crippen LogP contribution in [0.3, 0.4) is 0 Å². The van der Waals surface area contributed by atoms with Gasteiger partial charge in [-0.15, -0.1) is 0 Å². The summed E-state index contributed by atoms with van der Waals surface area (Å²) in [6, 6.07) is 0. The molecule has 1 aromatic heterocycles. The summed E-state index contributed by atoms with van der Waals surface area (Å²) >= 11 is 0. The molecule has 102 valence electrons. The zero-order chi connectivity index (χ0) is 13.9. The van der Waals surface area contributed by atoms with Gasteiger partial charge in [0.2, 0.25) is 5.82 Å². The largest absolute Gasteiger partial charge is 0.389 e. The van der Waals surface area contributed by atoms with E-state index in [1.165, 1.54) is 11.8 Å². The van der Waals surface area contributed by atoms with Crippen LogP contribution in [0.2, 0.25) is 0 Å². The van der Waals surface area contributed by atoms with E-state index in [0.717, 1.165) is 0 Å². The fraction of sp³-hybridized carbons (Fsp3) is 0.700. The standard InChI is InChI=1S/C10H18N4O4/c1-7-9(14(16)17)10(13(3)11-7)12(2)5-8(15)6-18-4/h8,15H,5-6H2,1-4H3. The van der Waals surface area contributed by atoms with Gasteiger partial charge in [-0.3, -0.25) is 10.1 Å². The molecule has 0 radical (unpaired) electrons. The predicted octanol–water partition coefficient (Wildman–Crippen LogP) is 0.0802. The molecule has 0 aliphatic rings. The van der Waals surface area contributed by atoms with Gasteiger partial charge in [0, 0.05) is 27.7 Å². The van der Waals surface area contributed by atoms with E-state index in [-0.39, 0.29) is 18.8 Å². The van der Waals surface area contributed by atoms with Crippen LogP contribution in [-0.2, 0) is 11.8 Å². The lowest BCUT2D eigenvalue weighted by molar-refractivity contribution is -0.384. The molecule has 0 spiro atoms. The van der Waals surface area contributed by atoms with E-state index in [0.29, 0.717) is 11.5 Å². The molecule has 0 aliphatic heterocycles. The number of hydrogen-bond donors (Lipinski definition) is 1. The minimum Gasteiger partial charge on any atom is -0.389 e. The van der Waals surface area contributed by atoms with Crippen molar-refractivity contribution in [2.75, 3.05) is 32.2 Å². The maximum Gasteiger partial charge on any atom is 0.333 e. The fourth-order valence-corrected chi connectivity index (χ4v) is 1.92. The molecule has 1 rings (SSSR count). The van der Waals surface area contributed by atoms with E-state index in [9.17, 15) is 15.2 Å².